The average molecular weight is 202 g/mol. The molecule has 0 bridgehead atoms. The van der Waals surface area contributed by atoms with Crippen LogP contribution in [0.15, 0.2) is 5.16 Å². The van der Waals surface area contributed by atoms with Crippen LogP contribution < -0.4 is 11.1 Å². The molecule has 0 heterocycles. The van der Waals surface area contributed by atoms with Gasteiger partial charge in [-0.2, -0.15) is 0 Å². The highest BCUT2D eigenvalue weighted by atomic mass is 16.4. The average Bonchev–Trinajstić information content (AvgIpc) is 2.16. The fourth-order valence-corrected chi connectivity index (χ4v) is 1.02. The highest BCUT2D eigenvalue weighted by Gasteiger charge is 2.15. The Morgan fingerprint density at radius 1 is 1.64 bits per heavy atom. The molecule has 0 spiro atoms. The standard InChI is InChI=1S/C8H18N4O2/c1-6(2)12(8(13)10-3)5-4-7(9)11-14/h6,14H,4-5H2,1-3H3,(H2,9,11)(H,10,13). The number of nitrogens with one attached hydrogen (secondary N) is 1. The van der Waals surface area contributed by atoms with Gasteiger partial charge in [-0.3, -0.25) is 0 Å². The van der Waals surface area contributed by atoms with Crippen molar-refractivity contribution in [3.05, 3.63) is 0 Å². The van der Waals surface area contributed by atoms with E-state index in [2.05, 4.69) is 10.5 Å². The summed E-state index contributed by atoms with van der Waals surface area (Å²) in [5.41, 5.74) is 5.30. The van der Waals surface area contributed by atoms with Gasteiger partial charge in [-0.1, -0.05) is 5.16 Å². The Balaban J connectivity index is 4.18. The second kappa shape index (κ2) is 6.06. The lowest BCUT2D eigenvalue weighted by atomic mass is 10.3. The number of urea groups is 1. The van der Waals surface area contributed by atoms with E-state index in [1.807, 2.05) is 13.8 Å². The van der Waals surface area contributed by atoms with Crippen LogP contribution in [0.1, 0.15) is 20.3 Å². The van der Waals surface area contributed by atoms with Gasteiger partial charge < -0.3 is 21.2 Å². The fourth-order valence-electron chi connectivity index (χ4n) is 1.02. The zero-order valence-electron chi connectivity index (χ0n) is 8.82. The van der Waals surface area contributed by atoms with Crippen LogP contribution in [0.4, 0.5) is 4.79 Å². The zero-order valence-corrected chi connectivity index (χ0v) is 8.82. The van der Waals surface area contributed by atoms with E-state index in [1.165, 1.54) is 0 Å². The van der Waals surface area contributed by atoms with E-state index in [1.54, 1.807) is 11.9 Å². The van der Waals surface area contributed by atoms with Crippen molar-refractivity contribution < 1.29 is 10.0 Å². The molecule has 0 saturated heterocycles. The van der Waals surface area contributed by atoms with Gasteiger partial charge in [0.1, 0.15) is 5.84 Å². The van der Waals surface area contributed by atoms with Crippen LogP contribution in [0.3, 0.4) is 0 Å². The van der Waals surface area contributed by atoms with Crippen molar-refractivity contribution >= 4 is 11.9 Å². The third-order valence-electron chi connectivity index (χ3n) is 1.84. The number of carbonyl (C=O) groups excluding carboxylic acids is 1. The van der Waals surface area contributed by atoms with Crippen molar-refractivity contribution in [3.8, 4) is 0 Å². The van der Waals surface area contributed by atoms with E-state index < -0.39 is 0 Å². The molecule has 0 aliphatic carbocycles. The highest BCUT2D eigenvalue weighted by Crippen LogP contribution is 2.00. The Bertz CT molecular complexity index is 215. The van der Waals surface area contributed by atoms with Crippen molar-refractivity contribution in [1.82, 2.24) is 10.2 Å². The topological polar surface area (TPSA) is 91.0 Å². The molecule has 2 amide bonds. The number of oxime groups is 1. The fraction of sp³-hybridized carbons (Fsp3) is 0.750. The van der Waals surface area contributed by atoms with Gasteiger partial charge in [0.05, 0.1) is 0 Å². The molecule has 0 aromatic rings. The monoisotopic (exact) mass is 202 g/mol. The van der Waals surface area contributed by atoms with E-state index in [4.69, 9.17) is 10.9 Å². The second-order valence-electron chi connectivity index (χ2n) is 3.18. The molecular weight excluding hydrogens is 184 g/mol. The Kier molecular flexibility index (Phi) is 5.43. The first kappa shape index (κ1) is 12.5. The van der Waals surface area contributed by atoms with Gasteiger partial charge in [-0.15, -0.1) is 0 Å². The van der Waals surface area contributed by atoms with Crippen molar-refractivity contribution in [2.75, 3.05) is 13.6 Å². The number of nitrogens with zero attached hydrogens (tertiary/aromatic N) is 2. The summed E-state index contributed by atoms with van der Waals surface area (Å²) >= 11 is 0. The molecule has 0 fully saturated rings. The maximum absolute atomic E-state index is 11.3. The minimum absolute atomic E-state index is 0.0847. The van der Waals surface area contributed by atoms with Gasteiger partial charge in [-0.25, -0.2) is 4.79 Å². The van der Waals surface area contributed by atoms with E-state index in [0.29, 0.717) is 13.0 Å². The molecule has 0 radical (unpaired) electrons. The molecule has 0 aliphatic heterocycles. The Hall–Kier alpha value is -1.46. The smallest absolute Gasteiger partial charge is 0.317 e. The molecule has 6 nitrogen and oxygen atoms in total. The van der Waals surface area contributed by atoms with Crippen LogP contribution in [0, 0.1) is 0 Å². The summed E-state index contributed by atoms with van der Waals surface area (Å²) in [7, 11) is 1.57. The first-order valence-corrected chi connectivity index (χ1v) is 4.47. The van der Waals surface area contributed by atoms with Crippen LogP contribution >= 0.6 is 0 Å². The first-order valence-electron chi connectivity index (χ1n) is 4.47. The molecule has 0 atom stereocenters. The van der Waals surface area contributed by atoms with Crippen molar-refractivity contribution in [3.63, 3.8) is 0 Å². The summed E-state index contributed by atoms with van der Waals surface area (Å²) in [5.74, 6) is 0.125. The Morgan fingerprint density at radius 2 is 2.21 bits per heavy atom. The van der Waals surface area contributed by atoms with Gasteiger partial charge >= 0.3 is 6.03 Å². The van der Waals surface area contributed by atoms with E-state index in [9.17, 15) is 4.79 Å². The number of rotatable bonds is 4. The number of carbonyl (C=O) groups is 1. The van der Waals surface area contributed by atoms with Gasteiger partial charge in [0, 0.05) is 26.1 Å². The normalized spacial score (nSPS) is 11.6. The molecule has 0 saturated carbocycles. The number of hydrogen-bond acceptors (Lipinski definition) is 3. The second-order valence-corrected chi connectivity index (χ2v) is 3.18. The molecule has 0 rings (SSSR count). The number of nitrogens with two attached hydrogens (primary N) is 1. The van der Waals surface area contributed by atoms with E-state index in [0.717, 1.165) is 0 Å². The van der Waals surface area contributed by atoms with Crippen molar-refractivity contribution in [2.24, 2.45) is 10.9 Å². The molecule has 0 aromatic carbocycles. The van der Waals surface area contributed by atoms with Crippen LogP contribution in [0.2, 0.25) is 0 Å². The van der Waals surface area contributed by atoms with Crippen LogP contribution in [0.5, 0.6) is 0 Å². The number of amidine groups is 1. The van der Waals surface area contributed by atoms with E-state index >= 15 is 0 Å². The number of hydrogen-bond donors (Lipinski definition) is 3. The Labute approximate surface area is 83.7 Å². The van der Waals surface area contributed by atoms with Gasteiger partial charge in [0.15, 0.2) is 0 Å². The summed E-state index contributed by atoms with van der Waals surface area (Å²) in [5, 5.41) is 13.7. The molecule has 0 unspecified atom stereocenters. The Morgan fingerprint density at radius 3 is 2.57 bits per heavy atom. The molecule has 0 aliphatic rings. The lowest BCUT2D eigenvalue weighted by Crippen LogP contribution is -2.44. The summed E-state index contributed by atoms with van der Waals surface area (Å²) in [6.45, 7) is 4.25. The summed E-state index contributed by atoms with van der Waals surface area (Å²) in [4.78, 5) is 12.9. The van der Waals surface area contributed by atoms with Crippen LogP contribution in [0.25, 0.3) is 0 Å². The van der Waals surface area contributed by atoms with E-state index in [-0.39, 0.29) is 17.9 Å². The molecular formula is C8H18N4O2. The third-order valence-corrected chi connectivity index (χ3v) is 1.84. The lowest BCUT2D eigenvalue weighted by Gasteiger charge is -2.25. The largest absolute Gasteiger partial charge is 0.409 e. The first-order chi connectivity index (χ1) is 6.52. The van der Waals surface area contributed by atoms with Crippen LogP contribution in [-0.4, -0.2) is 41.6 Å². The van der Waals surface area contributed by atoms with Gasteiger partial charge in [0.25, 0.3) is 0 Å². The van der Waals surface area contributed by atoms with Crippen molar-refractivity contribution in [2.45, 2.75) is 26.3 Å². The van der Waals surface area contributed by atoms with Gasteiger partial charge in [0.2, 0.25) is 0 Å². The minimum Gasteiger partial charge on any atom is -0.409 e. The number of amides is 2. The summed E-state index contributed by atoms with van der Waals surface area (Å²) < 4.78 is 0. The molecule has 0 aromatic heterocycles. The molecule has 6 heteroatoms. The predicted molar refractivity (Wildman–Crippen MR) is 54.3 cm³/mol. The lowest BCUT2D eigenvalue weighted by molar-refractivity contribution is 0.187. The van der Waals surface area contributed by atoms with Crippen LogP contribution in [-0.2, 0) is 0 Å². The summed E-state index contributed by atoms with van der Waals surface area (Å²) in [6, 6.07) is -0.0767. The maximum atomic E-state index is 11.3. The highest BCUT2D eigenvalue weighted by molar-refractivity contribution is 5.80. The third kappa shape index (κ3) is 3.97. The predicted octanol–water partition coefficient (Wildman–Crippen LogP) is 0.173. The quantitative estimate of drug-likeness (QED) is 0.263. The minimum atomic E-state index is -0.161. The maximum Gasteiger partial charge on any atom is 0.317 e. The van der Waals surface area contributed by atoms with Crippen molar-refractivity contribution in [1.29, 1.82) is 0 Å². The SMILES string of the molecule is CNC(=O)N(CCC(N)=NO)C(C)C. The molecule has 82 valence electrons. The van der Waals surface area contributed by atoms with Gasteiger partial charge in [-0.05, 0) is 13.8 Å². The molecule has 14 heavy (non-hydrogen) atoms. The molecule has 4 N–H and O–H groups in total. The zero-order chi connectivity index (χ0) is 11.1. The summed E-state index contributed by atoms with van der Waals surface area (Å²) in [6.07, 6.45) is 0.363.